The molecule has 34 heavy (non-hydrogen) atoms. The maximum atomic E-state index is 12.5. The smallest absolute Gasteiger partial charge is 0.251 e. The first-order chi connectivity index (χ1) is 16.0. The molecule has 1 N–H and O–H groups in total. The molecule has 3 rings (SSSR count). The quantitative estimate of drug-likeness (QED) is 0.417. The van der Waals surface area contributed by atoms with E-state index in [9.17, 15) is 13.2 Å². The number of hydrogen-bond acceptors (Lipinski definition) is 4. The number of rotatable bonds is 9. The van der Waals surface area contributed by atoms with Crippen LogP contribution in [0.4, 0.5) is 5.69 Å². The zero-order valence-electron chi connectivity index (χ0n) is 19.8. The minimum Gasteiger partial charge on any atom is -0.491 e. The van der Waals surface area contributed by atoms with Crippen LogP contribution in [0.25, 0.3) is 0 Å². The highest BCUT2D eigenvalue weighted by molar-refractivity contribution is 7.92. The van der Waals surface area contributed by atoms with Crippen molar-refractivity contribution < 1.29 is 17.9 Å². The number of halogens is 1. The van der Waals surface area contributed by atoms with E-state index in [2.05, 4.69) is 5.32 Å². The van der Waals surface area contributed by atoms with Crippen LogP contribution in [0.3, 0.4) is 0 Å². The Kier molecular flexibility index (Phi) is 8.23. The van der Waals surface area contributed by atoms with Crippen LogP contribution < -0.4 is 14.4 Å². The first-order valence-electron chi connectivity index (χ1n) is 10.9. The van der Waals surface area contributed by atoms with Crippen molar-refractivity contribution in [1.82, 2.24) is 5.32 Å². The molecular weight excluding hydrogens is 472 g/mol. The van der Waals surface area contributed by atoms with E-state index in [1.807, 2.05) is 39.0 Å². The molecule has 0 heterocycles. The number of anilines is 1. The van der Waals surface area contributed by atoms with Crippen molar-refractivity contribution in [2.75, 3.05) is 23.7 Å². The summed E-state index contributed by atoms with van der Waals surface area (Å²) < 4.78 is 31.8. The van der Waals surface area contributed by atoms with Gasteiger partial charge in [-0.2, -0.15) is 0 Å². The Labute approximate surface area is 206 Å². The van der Waals surface area contributed by atoms with Crippen LogP contribution in [0.5, 0.6) is 5.75 Å². The van der Waals surface area contributed by atoms with Crippen LogP contribution in [0.15, 0.2) is 60.7 Å². The molecule has 0 spiro atoms. The Balaban J connectivity index is 1.59. The highest BCUT2D eigenvalue weighted by Crippen LogP contribution is 2.26. The van der Waals surface area contributed by atoms with Crippen LogP contribution >= 0.6 is 11.6 Å². The lowest BCUT2D eigenvalue weighted by Gasteiger charge is -2.23. The SMILES string of the molecule is Cc1ccc(OCCNC(=O)c2ccc(CN(c3ccc(C)c(Cl)c3)S(C)(=O)=O)cc2)c(C)c1. The van der Waals surface area contributed by atoms with E-state index >= 15 is 0 Å². The van der Waals surface area contributed by atoms with Crippen LogP contribution in [0.2, 0.25) is 5.02 Å². The van der Waals surface area contributed by atoms with E-state index in [4.69, 9.17) is 16.3 Å². The zero-order chi connectivity index (χ0) is 24.9. The normalized spacial score (nSPS) is 11.2. The zero-order valence-corrected chi connectivity index (χ0v) is 21.3. The predicted molar refractivity (Wildman–Crippen MR) is 137 cm³/mol. The van der Waals surface area contributed by atoms with Crippen molar-refractivity contribution in [2.45, 2.75) is 27.3 Å². The highest BCUT2D eigenvalue weighted by atomic mass is 35.5. The molecule has 0 aliphatic heterocycles. The molecule has 3 aromatic rings. The van der Waals surface area contributed by atoms with Gasteiger partial charge in [0, 0.05) is 10.6 Å². The van der Waals surface area contributed by atoms with E-state index in [0.29, 0.717) is 29.4 Å². The van der Waals surface area contributed by atoms with Crippen molar-refractivity contribution in [3.05, 3.63) is 93.5 Å². The summed E-state index contributed by atoms with van der Waals surface area (Å²) in [7, 11) is -3.53. The average Bonchev–Trinajstić information content (AvgIpc) is 2.77. The molecule has 0 bridgehead atoms. The van der Waals surface area contributed by atoms with Crippen molar-refractivity contribution in [3.63, 3.8) is 0 Å². The van der Waals surface area contributed by atoms with Crippen molar-refractivity contribution in [3.8, 4) is 5.75 Å². The average molecular weight is 501 g/mol. The standard InChI is InChI=1S/C26H29ClN2O4S/c1-18-5-12-25(20(3)15-18)33-14-13-28-26(30)22-9-7-21(8-10-22)17-29(34(4,31)32)23-11-6-19(2)24(27)16-23/h5-12,15-16H,13-14,17H2,1-4H3,(H,28,30). The second-order valence-electron chi connectivity index (χ2n) is 8.27. The molecule has 1 amide bonds. The topological polar surface area (TPSA) is 75.7 Å². The summed E-state index contributed by atoms with van der Waals surface area (Å²) >= 11 is 6.19. The van der Waals surface area contributed by atoms with Crippen LogP contribution in [-0.2, 0) is 16.6 Å². The highest BCUT2D eigenvalue weighted by Gasteiger charge is 2.19. The van der Waals surface area contributed by atoms with E-state index in [-0.39, 0.29) is 12.5 Å². The summed E-state index contributed by atoms with van der Waals surface area (Å²) in [6.07, 6.45) is 1.16. The van der Waals surface area contributed by atoms with E-state index in [1.54, 1.807) is 42.5 Å². The number of hydrogen-bond donors (Lipinski definition) is 1. The second kappa shape index (κ2) is 10.9. The molecule has 0 atom stereocenters. The Morgan fingerprint density at radius 2 is 1.68 bits per heavy atom. The third-order valence-corrected chi connectivity index (χ3v) is 6.91. The lowest BCUT2D eigenvalue weighted by molar-refractivity contribution is 0.0947. The Morgan fingerprint density at radius 3 is 2.29 bits per heavy atom. The molecule has 0 saturated carbocycles. The first-order valence-corrected chi connectivity index (χ1v) is 13.1. The molecule has 0 radical (unpaired) electrons. The van der Waals surface area contributed by atoms with Gasteiger partial charge in [-0.1, -0.05) is 47.5 Å². The maximum Gasteiger partial charge on any atom is 0.251 e. The van der Waals surface area contributed by atoms with Gasteiger partial charge in [-0.25, -0.2) is 8.42 Å². The molecule has 0 aliphatic carbocycles. The van der Waals surface area contributed by atoms with E-state index < -0.39 is 10.0 Å². The van der Waals surface area contributed by atoms with Crippen molar-refractivity contribution in [2.24, 2.45) is 0 Å². The molecular formula is C26H29ClN2O4S. The van der Waals surface area contributed by atoms with Gasteiger partial charge in [0.25, 0.3) is 5.91 Å². The number of aryl methyl sites for hydroxylation is 3. The van der Waals surface area contributed by atoms with Crippen LogP contribution in [0, 0.1) is 20.8 Å². The summed E-state index contributed by atoms with van der Waals surface area (Å²) in [6.45, 7) is 6.72. The number of benzene rings is 3. The van der Waals surface area contributed by atoms with Crippen LogP contribution in [-0.4, -0.2) is 33.7 Å². The van der Waals surface area contributed by atoms with Gasteiger partial charge in [0.15, 0.2) is 0 Å². The number of nitrogens with zero attached hydrogens (tertiary/aromatic N) is 1. The summed E-state index contributed by atoms with van der Waals surface area (Å²) in [5.41, 5.74) is 4.82. The third kappa shape index (κ3) is 6.74. The van der Waals surface area contributed by atoms with Gasteiger partial charge in [0.05, 0.1) is 25.0 Å². The fraction of sp³-hybridized carbons (Fsp3) is 0.269. The van der Waals surface area contributed by atoms with Gasteiger partial charge in [0.2, 0.25) is 10.0 Å². The Hall–Kier alpha value is -3.03. The molecule has 0 aromatic heterocycles. The summed E-state index contributed by atoms with van der Waals surface area (Å²) in [5, 5.41) is 3.34. The molecule has 0 saturated heterocycles. The minimum atomic E-state index is -3.53. The Morgan fingerprint density at radius 1 is 0.971 bits per heavy atom. The molecule has 0 unspecified atom stereocenters. The van der Waals surface area contributed by atoms with Gasteiger partial charge in [-0.3, -0.25) is 9.10 Å². The fourth-order valence-corrected chi connectivity index (χ4v) is 4.51. The van der Waals surface area contributed by atoms with Crippen LogP contribution in [0.1, 0.15) is 32.6 Å². The van der Waals surface area contributed by atoms with Gasteiger partial charge in [0.1, 0.15) is 12.4 Å². The fourth-order valence-electron chi connectivity index (χ4n) is 3.45. The monoisotopic (exact) mass is 500 g/mol. The van der Waals surface area contributed by atoms with Crippen molar-refractivity contribution in [1.29, 1.82) is 0 Å². The Bertz CT molecular complexity index is 1270. The third-order valence-electron chi connectivity index (χ3n) is 5.36. The molecule has 6 nitrogen and oxygen atoms in total. The maximum absolute atomic E-state index is 12.5. The van der Waals surface area contributed by atoms with Crippen molar-refractivity contribution >= 4 is 33.2 Å². The minimum absolute atomic E-state index is 0.129. The van der Waals surface area contributed by atoms with E-state index in [1.165, 1.54) is 9.87 Å². The number of ether oxygens (including phenoxy) is 1. The lowest BCUT2D eigenvalue weighted by atomic mass is 10.1. The summed E-state index contributed by atoms with van der Waals surface area (Å²) in [4.78, 5) is 12.5. The largest absolute Gasteiger partial charge is 0.491 e. The number of carbonyl (C=O) groups excluding carboxylic acids is 1. The number of amides is 1. The number of nitrogens with one attached hydrogen (secondary N) is 1. The lowest BCUT2D eigenvalue weighted by Crippen LogP contribution is -2.29. The second-order valence-corrected chi connectivity index (χ2v) is 10.6. The summed E-state index contributed by atoms with van der Waals surface area (Å²) in [6, 6.07) is 18.0. The van der Waals surface area contributed by atoms with Gasteiger partial charge in [-0.05, 0) is 67.8 Å². The van der Waals surface area contributed by atoms with Gasteiger partial charge < -0.3 is 10.1 Å². The predicted octanol–water partition coefficient (Wildman–Crippen LogP) is 5.04. The number of sulfonamides is 1. The van der Waals surface area contributed by atoms with E-state index in [0.717, 1.165) is 28.7 Å². The molecule has 0 aliphatic rings. The molecule has 0 fully saturated rings. The first kappa shape index (κ1) is 25.6. The van der Waals surface area contributed by atoms with Gasteiger partial charge in [-0.15, -0.1) is 0 Å². The molecule has 180 valence electrons. The van der Waals surface area contributed by atoms with Gasteiger partial charge >= 0.3 is 0 Å². The summed E-state index contributed by atoms with van der Waals surface area (Å²) in [5.74, 6) is 0.579. The number of carbonyl (C=O) groups is 1. The molecule has 8 heteroatoms. The molecule has 3 aromatic carbocycles.